The van der Waals surface area contributed by atoms with Crippen molar-refractivity contribution in [3.63, 3.8) is 0 Å². The minimum atomic E-state index is -0.455. The molecule has 4 nitrogen and oxygen atoms in total. The van der Waals surface area contributed by atoms with Crippen LogP contribution in [0, 0.1) is 12.7 Å². The second kappa shape index (κ2) is 3.45. The summed E-state index contributed by atoms with van der Waals surface area (Å²) in [6.07, 6.45) is 4.51. The van der Waals surface area contributed by atoms with Gasteiger partial charge in [0.15, 0.2) is 11.6 Å². The lowest BCUT2D eigenvalue weighted by Crippen LogP contribution is -2.04. The summed E-state index contributed by atoms with van der Waals surface area (Å²) in [6, 6.07) is 0. The van der Waals surface area contributed by atoms with E-state index in [0.29, 0.717) is 5.69 Å². The van der Waals surface area contributed by atoms with Crippen molar-refractivity contribution >= 4 is 15.9 Å². The molecule has 0 unspecified atom stereocenters. The number of nitrogens with zero attached hydrogens (tertiary/aromatic N) is 4. The summed E-state index contributed by atoms with van der Waals surface area (Å²) in [5, 5.41) is 3.93. The van der Waals surface area contributed by atoms with Gasteiger partial charge in [-0.1, -0.05) is 0 Å². The number of aryl methyl sites for hydroxylation is 1. The topological polar surface area (TPSA) is 43.6 Å². The zero-order chi connectivity index (χ0) is 10.1. The van der Waals surface area contributed by atoms with Gasteiger partial charge in [-0.25, -0.2) is 19.0 Å². The van der Waals surface area contributed by atoms with E-state index in [1.54, 1.807) is 19.3 Å². The van der Waals surface area contributed by atoms with Gasteiger partial charge in [0, 0.05) is 6.20 Å². The molecule has 0 radical (unpaired) electrons. The van der Waals surface area contributed by atoms with E-state index in [1.807, 2.05) is 0 Å². The molecular weight excluding hydrogens is 251 g/mol. The molecule has 0 spiro atoms. The molecule has 0 N–H and O–H groups in total. The fourth-order valence-corrected chi connectivity index (χ4v) is 1.31. The molecule has 6 heteroatoms. The minimum absolute atomic E-state index is 0.156. The van der Waals surface area contributed by atoms with Crippen molar-refractivity contribution in [2.24, 2.45) is 0 Å². The molecule has 2 aromatic heterocycles. The van der Waals surface area contributed by atoms with Crippen LogP contribution in [0.2, 0.25) is 0 Å². The Hall–Kier alpha value is -1.30. The maximum Gasteiger partial charge on any atom is 0.193 e. The monoisotopic (exact) mass is 256 g/mol. The highest BCUT2D eigenvalue weighted by atomic mass is 79.9. The van der Waals surface area contributed by atoms with Gasteiger partial charge in [0.25, 0.3) is 0 Å². The Morgan fingerprint density at radius 3 is 2.86 bits per heavy atom. The molecular formula is C8H6BrFN4. The van der Waals surface area contributed by atoms with Crippen LogP contribution < -0.4 is 0 Å². The van der Waals surface area contributed by atoms with E-state index >= 15 is 0 Å². The zero-order valence-corrected chi connectivity index (χ0v) is 8.86. The summed E-state index contributed by atoms with van der Waals surface area (Å²) < 4.78 is 15.6. The lowest BCUT2D eigenvalue weighted by atomic mass is 10.4. The Morgan fingerprint density at radius 1 is 1.43 bits per heavy atom. The number of hydrogen-bond donors (Lipinski definition) is 0. The molecule has 0 atom stereocenters. The summed E-state index contributed by atoms with van der Waals surface area (Å²) in [7, 11) is 0. The largest absolute Gasteiger partial charge is 0.238 e. The lowest BCUT2D eigenvalue weighted by Gasteiger charge is -2.02. The van der Waals surface area contributed by atoms with Crippen LogP contribution in [-0.2, 0) is 0 Å². The van der Waals surface area contributed by atoms with Crippen LogP contribution >= 0.6 is 15.9 Å². The molecule has 2 heterocycles. The number of halogens is 2. The molecule has 0 bridgehead atoms. The van der Waals surface area contributed by atoms with Gasteiger partial charge in [0.1, 0.15) is 6.33 Å². The minimum Gasteiger partial charge on any atom is -0.238 e. The molecule has 2 aromatic rings. The fourth-order valence-electron chi connectivity index (χ4n) is 1.02. The van der Waals surface area contributed by atoms with E-state index in [2.05, 4.69) is 31.0 Å². The molecule has 0 saturated heterocycles. The average Bonchev–Trinajstić information content (AvgIpc) is 2.57. The predicted octanol–water partition coefficient (Wildman–Crippen LogP) is 1.87. The molecule has 0 aromatic carbocycles. The van der Waals surface area contributed by atoms with Crippen molar-refractivity contribution in [3.05, 3.63) is 34.7 Å². The standard InChI is InChI=1S/C8H6BrFN4/c1-5-7(10)8(12-4-11-5)14-3-6(9)2-13-14/h2-4H,1H3. The van der Waals surface area contributed by atoms with Gasteiger partial charge in [-0.15, -0.1) is 0 Å². The highest BCUT2D eigenvalue weighted by molar-refractivity contribution is 9.10. The van der Waals surface area contributed by atoms with Crippen LogP contribution in [0.3, 0.4) is 0 Å². The van der Waals surface area contributed by atoms with Crippen LogP contribution in [0.25, 0.3) is 5.82 Å². The Bertz CT molecular complexity index is 468. The first-order valence-corrected chi connectivity index (χ1v) is 4.65. The van der Waals surface area contributed by atoms with Gasteiger partial charge >= 0.3 is 0 Å². The predicted molar refractivity (Wildman–Crippen MR) is 51.5 cm³/mol. The zero-order valence-electron chi connectivity index (χ0n) is 7.28. The molecule has 0 fully saturated rings. The number of aromatic nitrogens is 4. The molecule has 0 saturated carbocycles. The summed E-state index contributed by atoms with van der Waals surface area (Å²) in [5.74, 6) is -0.300. The third-order valence-corrected chi connectivity index (χ3v) is 2.12. The summed E-state index contributed by atoms with van der Waals surface area (Å²) >= 11 is 3.22. The molecule has 0 amide bonds. The maximum absolute atomic E-state index is 13.5. The number of rotatable bonds is 1. The normalized spacial score (nSPS) is 10.5. The van der Waals surface area contributed by atoms with Gasteiger partial charge in [0.05, 0.1) is 16.4 Å². The van der Waals surface area contributed by atoms with Crippen molar-refractivity contribution in [2.45, 2.75) is 6.92 Å². The molecule has 0 aliphatic rings. The van der Waals surface area contributed by atoms with Gasteiger partial charge in [-0.3, -0.25) is 0 Å². The first kappa shape index (κ1) is 9.26. The Labute approximate surface area is 87.9 Å². The van der Waals surface area contributed by atoms with Crippen LogP contribution in [-0.4, -0.2) is 19.7 Å². The number of hydrogen-bond acceptors (Lipinski definition) is 3. The van der Waals surface area contributed by atoms with E-state index in [4.69, 9.17) is 0 Å². The summed E-state index contributed by atoms with van der Waals surface area (Å²) in [6.45, 7) is 1.58. The van der Waals surface area contributed by atoms with Gasteiger partial charge in [0.2, 0.25) is 0 Å². The van der Waals surface area contributed by atoms with Crippen molar-refractivity contribution in [3.8, 4) is 5.82 Å². The molecule has 2 rings (SSSR count). The van der Waals surface area contributed by atoms with E-state index in [1.165, 1.54) is 11.0 Å². The lowest BCUT2D eigenvalue weighted by molar-refractivity contribution is 0.581. The third-order valence-electron chi connectivity index (χ3n) is 1.71. The smallest absolute Gasteiger partial charge is 0.193 e. The molecule has 14 heavy (non-hydrogen) atoms. The summed E-state index contributed by atoms with van der Waals surface area (Å²) in [4.78, 5) is 7.55. The van der Waals surface area contributed by atoms with Crippen molar-refractivity contribution < 1.29 is 4.39 Å². The molecule has 0 aliphatic carbocycles. The van der Waals surface area contributed by atoms with E-state index in [9.17, 15) is 4.39 Å². The first-order valence-electron chi connectivity index (χ1n) is 3.86. The van der Waals surface area contributed by atoms with Crippen molar-refractivity contribution in [2.75, 3.05) is 0 Å². The average molecular weight is 257 g/mol. The van der Waals surface area contributed by atoms with Crippen LogP contribution in [0.5, 0.6) is 0 Å². The quantitative estimate of drug-likeness (QED) is 0.783. The highest BCUT2D eigenvalue weighted by Crippen LogP contribution is 2.14. The fraction of sp³-hybridized carbons (Fsp3) is 0.125. The summed E-state index contributed by atoms with van der Waals surface area (Å²) in [5.41, 5.74) is 0.307. The van der Waals surface area contributed by atoms with Gasteiger partial charge in [-0.05, 0) is 22.9 Å². The van der Waals surface area contributed by atoms with Crippen LogP contribution in [0.4, 0.5) is 4.39 Å². The Balaban J connectivity index is 2.57. The Morgan fingerprint density at radius 2 is 2.21 bits per heavy atom. The van der Waals surface area contributed by atoms with E-state index < -0.39 is 5.82 Å². The van der Waals surface area contributed by atoms with Crippen LogP contribution in [0.15, 0.2) is 23.2 Å². The highest BCUT2D eigenvalue weighted by Gasteiger charge is 2.10. The second-order valence-corrected chi connectivity index (χ2v) is 3.62. The third kappa shape index (κ3) is 1.52. The van der Waals surface area contributed by atoms with Gasteiger partial charge in [-0.2, -0.15) is 5.10 Å². The first-order chi connectivity index (χ1) is 6.68. The van der Waals surface area contributed by atoms with Crippen molar-refractivity contribution in [1.29, 1.82) is 0 Å². The Kier molecular flexibility index (Phi) is 2.28. The van der Waals surface area contributed by atoms with E-state index in [-0.39, 0.29) is 5.82 Å². The maximum atomic E-state index is 13.5. The van der Waals surface area contributed by atoms with Crippen molar-refractivity contribution in [1.82, 2.24) is 19.7 Å². The molecule has 0 aliphatic heterocycles. The van der Waals surface area contributed by atoms with Crippen LogP contribution in [0.1, 0.15) is 5.69 Å². The molecule has 72 valence electrons. The van der Waals surface area contributed by atoms with Gasteiger partial charge < -0.3 is 0 Å². The van der Waals surface area contributed by atoms with E-state index in [0.717, 1.165) is 4.47 Å². The SMILES string of the molecule is Cc1ncnc(-n2cc(Br)cn2)c1F. The second-order valence-electron chi connectivity index (χ2n) is 2.70.